The van der Waals surface area contributed by atoms with Gasteiger partial charge in [0.25, 0.3) is 0 Å². The van der Waals surface area contributed by atoms with Crippen molar-refractivity contribution in [2.24, 2.45) is 5.41 Å². The maximum atomic E-state index is 11.1. The molecule has 0 radical (unpaired) electrons. The summed E-state index contributed by atoms with van der Waals surface area (Å²) in [5.41, 5.74) is 1.91. The minimum absolute atomic E-state index is 0.0632. The van der Waals surface area contributed by atoms with E-state index in [-0.39, 0.29) is 11.0 Å². The van der Waals surface area contributed by atoms with Gasteiger partial charge in [-0.1, -0.05) is 6.92 Å². The number of aromatic nitrogens is 2. The monoisotopic (exact) mass is 294 g/mol. The molecule has 1 aromatic carbocycles. The Bertz CT molecular complexity index is 676. The second-order valence-electron chi connectivity index (χ2n) is 5.56. The highest BCUT2D eigenvalue weighted by Gasteiger charge is 2.34. The van der Waals surface area contributed by atoms with Gasteiger partial charge in [-0.05, 0) is 18.2 Å². The Balaban J connectivity index is 2.10. The van der Waals surface area contributed by atoms with E-state index in [9.17, 15) is 4.79 Å². The molecule has 20 heavy (non-hydrogen) atoms. The predicted molar refractivity (Wildman–Crippen MR) is 75.2 cm³/mol. The van der Waals surface area contributed by atoms with Crippen molar-refractivity contribution in [3.63, 3.8) is 0 Å². The first kappa shape index (κ1) is 13.4. The number of halogens is 1. The van der Waals surface area contributed by atoms with Crippen LogP contribution in [-0.2, 0) is 17.2 Å². The van der Waals surface area contributed by atoms with E-state index in [0.29, 0.717) is 19.1 Å². The summed E-state index contributed by atoms with van der Waals surface area (Å²) >= 11 is 5.97. The van der Waals surface area contributed by atoms with Crippen molar-refractivity contribution in [2.75, 3.05) is 13.2 Å². The molecule has 3 rings (SSSR count). The van der Waals surface area contributed by atoms with E-state index >= 15 is 0 Å². The molecule has 0 bridgehead atoms. The Labute approximate surface area is 121 Å². The van der Waals surface area contributed by atoms with Crippen molar-refractivity contribution in [1.82, 2.24) is 9.55 Å². The number of hydrogen-bond donors (Lipinski definition) is 1. The first-order chi connectivity index (χ1) is 9.52. The molecule has 0 spiro atoms. The number of hydrogen-bond acceptors (Lipinski definition) is 3. The van der Waals surface area contributed by atoms with Crippen LogP contribution in [0.4, 0.5) is 0 Å². The van der Waals surface area contributed by atoms with Gasteiger partial charge in [-0.25, -0.2) is 9.78 Å². The van der Waals surface area contributed by atoms with E-state index in [1.165, 1.54) is 0 Å². The van der Waals surface area contributed by atoms with Crippen molar-refractivity contribution in [1.29, 1.82) is 0 Å². The van der Waals surface area contributed by atoms with Crippen LogP contribution in [0.1, 0.15) is 23.1 Å². The number of carboxylic acid groups (broad SMARTS) is 1. The topological polar surface area (TPSA) is 64.4 Å². The lowest BCUT2D eigenvalue weighted by Crippen LogP contribution is -2.43. The zero-order chi connectivity index (χ0) is 14.3. The largest absolute Gasteiger partial charge is 0.478 e. The predicted octanol–water partition coefficient (Wildman–Crippen LogP) is 2.51. The lowest BCUT2D eigenvalue weighted by molar-refractivity contribution is -0.109. The fraction of sp³-hybridized carbons (Fsp3) is 0.429. The summed E-state index contributed by atoms with van der Waals surface area (Å²) in [5, 5.41) is 9.11. The van der Waals surface area contributed by atoms with Crippen LogP contribution in [0.25, 0.3) is 11.0 Å². The summed E-state index contributed by atoms with van der Waals surface area (Å²) in [7, 11) is 0. The first-order valence-corrected chi connectivity index (χ1v) is 6.92. The summed E-state index contributed by atoms with van der Waals surface area (Å²) in [6.45, 7) is 4.27. The van der Waals surface area contributed by atoms with Crippen molar-refractivity contribution in [3.8, 4) is 0 Å². The highest BCUT2D eigenvalue weighted by Crippen LogP contribution is 2.31. The van der Waals surface area contributed by atoms with Gasteiger partial charge < -0.3 is 14.4 Å². The third-order valence-corrected chi connectivity index (χ3v) is 3.87. The van der Waals surface area contributed by atoms with Crippen LogP contribution in [0.3, 0.4) is 0 Å². The molecule has 0 aliphatic carbocycles. The van der Waals surface area contributed by atoms with Crippen molar-refractivity contribution >= 4 is 28.6 Å². The first-order valence-electron chi connectivity index (χ1n) is 6.39. The maximum Gasteiger partial charge on any atom is 0.335 e. The molecular formula is C14H15ClN2O3. The maximum absolute atomic E-state index is 11.1. The van der Waals surface area contributed by atoms with Gasteiger partial charge in [-0.2, -0.15) is 0 Å². The van der Waals surface area contributed by atoms with Gasteiger partial charge in [-0.3, -0.25) is 0 Å². The third kappa shape index (κ3) is 2.17. The Morgan fingerprint density at radius 2 is 2.30 bits per heavy atom. The number of ether oxygens (including phenoxy) is 1. The number of alkyl halides is 1. The van der Waals surface area contributed by atoms with Gasteiger partial charge in [0, 0.05) is 12.0 Å². The molecular weight excluding hydrogens is 280 g/mol. The van der Waals surface area contributed by atoms with Crippen LogP contribution in [0.5, 0.6) is 0 Å². The molecule has 0 amide bonds. The smallest absolute Gasteiger partial charge is 0.335 e. The molecule has 2 aromatic rings. The van der Waals surface area contributed by atoms with Crippen LogP contribution in [-0.4, -0.2) is 33.8 Å². The van der Waals surface area contributed by atoms with Crippen LogP contribution in [0.15, 0.2) is 18.2 Å². The van der Waals surface area contributed by atoms with Crippen LogP contribution in [0.2, 0.25) is 0 Å². The Kier molecular flexibility index (Phi) is 3.18. The number of rotatable bonds is 4. The lowest BCUT2D eigenvalue weighted by Gasteiger charge is -2.38. The quantitative estimate of drug-likeness (QED) is 0.880. The second-order valence-corrected chi connectivity index (χ2v) is 5.83. The lowest BCUT2D eigenvalue weighted by atomic mass is 9.88. The molecule has 2 heterocycles. The molecule has 1 aromatic heterocycles. The highest BCUT2D eigenvalue weighted by molar-refractivity contribution is 6.16. The summed E-state index contributed by atoms with van der Waals surface area (Å²) < 4.78 is 7.28. The molecule has 1 saturated heterocycles. The number of carboxylic acids is 1. The number of imidazole rings is 1. The zero-order valence-electron chi connectivity index (χ0n) is 11.1. The number of fused-ring (bicyclic) bond motifs is 1. The Morgan fingerprint density at radius 1 is 1.55 bits per heavy atom. The summed E-state index contributed by atoms with van der Waals surface area (Å²) in [5.74, 6) is 0.121. The second kappa shape index (κ2) is 4.75. The summed E-state index contributed by atoms with van der Waals surface area (Å²) in [4.78, 5) is 15.6. The number of benzene rings is 1. The average molecular weight is 295 g/mol. The molecule has 0 unspecified atom stereocenters. The van der Waals surface area contributed by atoms with E-state index in [0.717, 1.165) is 23.4 Å². The number of aromatic carboxylic acids is 1. The van der Waals surface area contributed by atoms with Crippen LogP contribution >= 0.6 is 11.6 Å². The molecule has 6 heteroatoms. The number of nitrogens with zero attached hydrogens (tertiary/aromatic N) is 2. The standard InChI is InChI=1S/C14H15ClN2O3/c1-14(7-20-8-14)6-17-11-4-9(13(18)19)2-3-10(11)16-12(17)5-15/h2-4H,5-8H2,1H3,(H,18,19). The number of carbonyl (C=O) groups is 1. The fourth-order valence-corrected chi connectivity index (χ4v) is 2.71. The Hall–Kier alpha value is -1.59. The van der Waals surface area contributed by atoms with Crippen molar-refractivity contribution in [2.45, 2.75) is 19.3 Å². The molecule has 1 fully saturated rings. The van der Waals surface area contributed by atoms with Gasteiger partial charge >= 0.3 is 5.97 Å². The van der Waals surface area contributed by atoms with E-state index in [2.05, 4.69) is 11.9 Å². The fourth-order valence-electron chi connectivity index (χ4n) is 2.51. The van der Waals surface area contributed by atoms with Gasteiger partial charge in [0.05, 0.1) is 35.7 Å². The molecule has 106 valence electrons. The van der Waals surface area contributed by atoms with Gasteiger partial charge in [-0.15, -0.1) is 11.6 Å². The normalized spacial score (nSPS) is 17.1. The molecule has 1 aliphatic rings. The molecule has 1 N–H and O–H groups in total. The Morgan fingerprint density at radius 3 is 2.85 bits per heavy atom. The minimum atomic E-state index is -0.940. The SMILES string of the molecule is CC1(Cn2c(CCl)nc3ccc(C(=O)O)cc32)COC1. The highest BCUT2D eigenvalue weighted by atomic mass is 35.5. The van der Waals surface area contributed by atoms with Gasteiger partial charge in [0.15, 0.2) is 0 Å². The zero-order valence-corrected chi connectivity index (χ0v) is 11.9. The molecule has 1 aliphatic heterocycles. The van der Waals surface area contributed by atoms with Crippen molar-refractivity contribution < 1.29 is 14.6 Å². The molecule has 0 atom stereocenters. The van der Waals surface area contributed by atoms with Gasteiger partial charge in [0.1, 0.15) is 5.82 Å². The van der Waals surface area contributed by atoms with Gasteiger partial charge in [0.2, 0.25) is 0 Å². The van der Waals surface area contributed by atoms with Crippen LogP contribution in [0, 0.1) is 5.41 Å². The average Bonchev–Trinajstić information content (AvgIpc) is 2.74. The van der Waals surface area contributed by atoms with E-state index in [4.69, 9.17) is 21.4 Å². The summed E-state index contributed by atoms with van der Waals surface area (Å²) in [6.07, 6.45) is 0. The molecule has 5 nitrogen and oxygen atoms in total. The van der Waals surface area contributed by atoms with Crippen LogP contribution < -0.4 is 0 Å². The minimum Gasteiger partial charge on any atom is -0.478 e. The van der Waals surface area contributed by atoms with E-state index in [1.807, 2.05) is 4.57 Å². The van der Waals surface area contributed by atoms with E-state index in [1.54, 1.807) is 18.2 Å². The van der Waals surface area contributed by atoms with Crippen molar-refractivity contribution in [3.05, 3.63) is 29.6 Å². The van der Waals surface area contributed by atoms with E-state index < -0.39 is 5.97 Å². The molecule has 0 saturated carbocycles. The third-order valence-electron chi connectivity index (χ3n) is 3.63. The summed E-state index contributed by atoms with van der Waals surface area (Å²) in [6, 6.07) is 4.95.